The molecule has 9 aromatic carbocycles. The van der Waals surface area contributed by atoms with Gasteiger partial charge in [0.15, 0.2) is 0 Å². The van der Waals surface area contributed by atoms with Crippen LogP contribution in [0.3, 0.4) is 0 Å². The summed E-state index contributed by atoms with van der Waals surface area (Å²) in [5.74, 6) is 0. The molecule has 0 spiro atoms. The first-order valence-corrected chi connectivity index (χ1v) is 16.7. The second kappa shape index (κ2) is 11.1. The van der Waals surface area contributed by atoms with Crippen molar-refractivity contribution < 1.29 is 7.16 Å². The van der Waals surface area contributed by atoms with Crippen molar-refractivity contribution >= 4 is 54.3 Å². The normalized spacial score (nSPS) is 12.2. The smallest absolute Gasteiger partial charge is 0.143 e. The van der Waals surface area contributed by atoms with E-state index in [2.05, 4.69) is 115 Å². The zero-order valence-electron chi connectivity index (χ0n) is 28.6. The van der Waals surface area contributed by atoms with Crippen molar-refractivity contribution in [2.75, 3.05) is 0 Å². The molecule has 10 rings (SSSR count). The molecule has 1 nitrogen and oxygen atoms in total. The fourth-order valence-corrected chi connectivity index (χ4v) is 7.74. The van der Waals surface area contributed by atoms with Gasteiger partial charge in [-0.3, -0.25) is 0 Å². The Labute approximate surface area is 287 Å². The van der Waals surface area contributed by atoms with Crippen molar-refractivity contribution in [3.63, 3.8) is 0 Å². The number of fused-ring (bicyclic) bond motifs is 6. The molecule has 1 heterocycles. The van der Waals surface area contributed by atoms with E-state index in [1.54, 1.807) is 0 Å². The summed E-state index contributed by atoms with van der Waals surface area (Å²) in [5.41, 5.74) is 10.8. The second-order valence-electron chi connectivity index (χ2n) is 12.7. The van der Waals surface area contributed by atoms with Crippen LogP contribution in [0.4, 0.5) is 0 Å². The van der Waals surface area contributed by atoms with Crippen LogP contribution in [0.1, 0.15) is 2.74 Å². The predicted octanol–water partition coefficient (Wildman–Crippen LogP) is 13.7. The molecule has 0 aliphatic rings. The van der Waals surface area contributed by atoms with E-state index in [0.717, 1.165) is 60.5 Å². The van der Waals surface area contributed by atoms with Gasteiger partial charge in [0.05, 0.1) is 2.74 Å². The lowest BCUT2D eigenvalue weighted by Crippen LogP contribution is -1.91. The quantitative estimate of drug-likeness (QED) is 0.178. The zero-order chi connectivity index (χ0) is 34.1. The third-order valence-electron chi connectivity index (χ3n) is 9.92. The van der Waals surface area contributed by atoms with Gasteiger partial charge in [0.25, 0.3) is 0 Å². The number of hydrogen-bond acceptors (Lipinski definition) is 1. The SMILES string of the molecule is [2H]c1ccc(-c2ccc(-c3cccc(-c4c5ccccc5c(-c5ccc6cc([2H])ccc6c5)c5ccccc45)c3)c3c2oc2ccccc23)cc1. The van der Waals surface area contributed by atoms with Crippen molar-refractivity contribution in [1.82, 2.24) is 0 Å². The standard InChI is InChI=1S/C48H30O/c1-2-14-32(15-3-1)38-28-27-37(47-43-23-10-11-24-44(43)49-48(38)47)34-17-12-18-35(30-34)45-39-19-6-8-21-41(39)46(42-22-9-7-20-40(42)45)36-26-25-31-13-4-5-16-33(31)29-36/h1-30H/i1D,4D. The highest BCUT2D eigenvalue weighted by Crippen LogP contribution is 2.46. The van der Waals surface area contributed by atoms with Crippen molar-refractivity contribution in [3.8, 4) is 44.5 Å². The van der Waals surface area contributed by atoms with Crippen molar-refractivity contribution in [2.45, 2.75) is 0 Å². The van der Waals surface area contributed by atoms with Crippen molar-refractivity contribution in [2.24, 2.45) is 0 Å². The fraction of sp³-hybridized carbons (Fsp3) is 0. The Morgan fingerprint density at radius 1 is 0.367 bits per heavy atom. The van der Waals surface area contributed by atoms with Gasteiger partial charge in [0.1, 0.15) is 11.2 Å². The Bertz CT molecular complexity index is 2930. The largest absolute Gasteiger partial charge is 0.455 e. The molecule has 0 bridgehead atoms. The lowest BCUT2D eigenvalue weighted by atomic mass is 9.85. The molecule has 0 atom stereocenters. The molecule has 0 unspecified atom stereocenters. The van der Waals surface area contributed by atoms with Gasteiger partial charge >= 0.3 is 0 Å². The fourth-order valence-electron chi connectivity index (χ4n) is 7.74. The molecule has 0 saturated carbocycles. The highest BCUT2D eigenvalue weighted by Gasteiger charge is 2.20. The average Bonchev–Trinajstić information content (AvgIpc) is 3.57. The summed E-state index contributed by atoms with van der Waals surface area (Å²) in [4.78, 5) is 0. The molecular weight excluding hydrogens is 593 g/mol. The van der Waals surface area contributed by atoms with Gasteiger partial charge in [-0.15, -0.1) is 0 Å². The Balaban J connectivity index is 1.21. The third-order valence-corrected chi connectivity index (χ3v) is 9.92. The lowest BCUT2D eigenvalue weighted by Gasteiger charge is -2.18. The molecule has 0 aliphatic heterocycles. The minimum absolute atomic E-state index is 0.488. The topological polar surface area (TPSA) is 13.1 Å². The van der Waals surface area contributed by atoms with E-state index in [-0.39, 0.29) is 0 Å². The predicted molar refractivity (Wildman–Crippen MR) is 208 cm³/mol. The number of furan rings is 1. The monoisotopic (exact) mass is 624 g/mol. The van der Waals surface area contributed by atoms with E-state index in [0.29, 0.717) is 12.1 Å². The van der Waals surface area contributed by atoms with Crippen LogP contribution in [-0.4, -0.2) is 0 Å². The maximum atomic E-state index is 8.09. The van der Waals surface area contributed by atoms with Gasteiger partial charge in [-0.25, -0.2) is 0 Å². The Hall–Kier alpha value is -6.44. The van der Waals surface area contributed by atoms with Crippen LogP contribution in [0.25, 0.3) is 98.8 Å². The highest BCUT2D eigenvalue weighted by atomic mass is 16.3. The molecule has 49 heavy (non-hydrogen) atoms. The summed E-state index contributed by atoms with van der Waals surface area (Å²) in [6.07, 6.45) is 0. The van der Waals surface area contributed by atoms with E-state index in [1.807, 2.05) is 54.6 Å². The molecule has 0 fully saturated rings. The minimum Gasteiger partial charge on any atom is -0.455 e. The van der Waals surface area contributed by atoms with Crippen molar-refractivity contribution in [3.05, 3.63) is 182 Å². The number of para-hydroxylation sites is 1. The van der Waals surface area contributed by atoms with E-state index >= 15 is 0 Å². The zero-order valence-corrected chi connectivity index (χ0v) is 26.6. The second-order valence-corrected chi connectivity index (χ2v) is 12.7. The van der Waals surface area contributed by atoms with Crippen LogP contribution in [0.5, 0.6) is 0 Å². The Morgan fingerprint density at radius 3 is 1.69 bits per heavy atom. The van der Waals surface area contributed by atoms with E-state index in [9.17, 15) is 0 Å². The van der Waals surface area contributed by atoms with Gasteiger partial charge in [-0.05, 0) is 95.5 Å². The molecule has 0 saturated heterocycles. The molecule has 1 heteroatoms. The van der Waals surface area contributed by atoms with Crippen molar-refractivity contribution in [1.29, 1.82) is 0 Å². The highest BCUT2D eigenvalue weighted by molar-refractivity contribution is 6.22. The average molecular weight is 625 g/mol. The first kappa shape index (κ1) is 25.6. The van der Waals surface area contributed by atoms with E-state index in [4.69, 9.17) is 7.16 Å². The van der Waals surface area contributed by atoms with E-state index < -0.39 is 0 Å². The summed E-state index contributed by atoms with van der Waals surface area (Å²) < 4.78 is 22.7. The molecule has 0 N–H and O–H groups in total. The molecule has 0 amide bonds. The summed E-state index contributed by atoms with van der Waals surface area (Å²) >= 11 is 0. The van der Waals surface area contributed by atoms with E-state index in [1.165, 1.54) is 38.2 Å². The molecule has 0 aliphatic carbocycles. The van der Waals surface area contributed by atoms with Crippen LogP contribution in [0.15, 0.2) is 186 Å². The van der Waals surface area contributed by atoms with Gasteiger partial charge < -0.3 is 4.42 Å². The van der Waals surface area contributed by atoms with Gasteiger partial charge in [-0.2, -0.15) is 0 Å². The van der Waals surface area contributed by atoms with Crippen LogP contribution < -0.4 is 0 Å². The molecule has 228 valence electrons. The number of benzene rings is 9. The molecular formula is C48H30O. The van der Waals surface area contributed by atoms with Gasteiger partial charge in [0.2, 0.25) is 0 Å². The van der Waals surface area contributed by atoms with Crippen LogP contribution in [-0.2, 0) is 0 Å². The summed E-state index contributed by atoms with van der Waals surface area (Å²) in [5, 5.41) is 9.21. The third kappa shape index (κ3) is 4.40. The molecule has 1 aromatic heterocycles. The molecule has 10 aromatic rings. The minimum atomic E-state index is 0.488. The first-order chi connectivity index (χ1) is 25.1. The van der Waals surface area contributed by atoms with Gasteiger partial charge in [0, 0.05) is 16.3 Å². The Morgan fingerprint density at radius 2 is 0.959 bits per heavy atom. The van der Waals surface area contributed by atoms with Gasteiger partial charge in [-0.1, -0.05) is 158 Å². The maximum Gasteiger partial charge on any atom is 0.143 e. The maximum absolute atomic E-state index is 8.09. The van der Waals surface area contributed by atoms with Crippen LogP contribution >= 0.6 is 0 Å². The van der Waals surface area contributed by atoms with Crippen LogP contribution in [0.2, 0.25) is 0 Å². The summed E-state index contributed by atoms with van der Waals surface area (Å²) in [7, 11) is 0. The summed E-state index contributed by atoms with van der Waals surface area (Å²) in [6.45, 7) is 0. The van der Waals surface area contributed by atoms with Crippen LogP contribution in [0, 0.1) is 0 Å². The Kier molecular flexibility index (Phi) is 5.79. The summed E-state index contributed by atoms with van der Waals surface area (Å²) in [6, 6.07) is 60.2. The number of rotatable bonds is 4. The lowest BCUT2D eigenvalue weighted by molar-refractivity contribution is 0.670. The number of hydrogen-bond donors (Lipinski definition) is 0. The molecule has 0 radical (unpaired) electrons. The first-order valence-electron chi connectivity index (χ1n) is 17.7.